The van der Waals surface area contributed by atoms with Crippen LogP contribution in [0.5, 0.6) is 5.88 Å². The smallest absolute Gasteiger partial charge is 0.219 e. The molecule has 4 heteroatoms. The number of rotatable bonds is 4. The number of ether oxygens (including phenoxy) is 1. The molecule has 0 aliphatic rings. The first-order valence-corrected chi connectivity index (χ1v) is 6.07. The van der Waals surface area contributed by atoms with Crippen LogP contribution >= 0.6 is 0 Å². The number of nitrogens with two attached hydrogens (primary N) is 1. The predicted octanol–water partition coefficient (Wildman–Crippen LogP) is 2.00. The second kappa shape index (κ2) is 5.23. The Labute approximate surface area is 107 Å². The summed E-state index contributed by atoms with van der Waals surface area (Å²) in [6, 6.07) is 8.12. The van der Waals surface area contributed by atoms with E-state index in [1.54, 1.807) is 7.11 Å². The van der Waals surface area contributed by atoms with Crippen molar-refractivity contribution in [2.45, 2.75) is 20.3 Å². The number of methoxy groups -OCH3 is 1. The molecule has 2 N–H and O–H groups in total. The van der Waals surface area contributed by atoms with Gasteiger partial charge >= 0.3 is 0 Å². The predicted molar refractivity (Wildman–Crippen MR) is 72.3 cm³/mol. The Hall–Kier alpha value is -1.81. The Morgan fingerprint density at radius 2 is 2.00 bits per heavy atom. The fourth-order valence-corrected chi connectivity index (χ4v) is 2.14. The van der Waals surface area contributed by atoms with Gasteiger partial charge in [0.1, 0.15) is 0 Å². The maximum atomic E-state index is 5.64. The molecule has 18 heavy (non-hydrogen) atoms. The summed E-state index contributed by atoms with van der Waals surface area (Å²) in [6.07, 6.45) is 0.779. The third kappa shape index (κ3) is 2.11. The first kappa shape index (κ1) is 12.6. The molecule has 0 atom stereocenters. The van der Waals surface area contributed by atoms with E-state index in [0.29, 0.717) is 6.54 Å². The number of hydrogen-bond acceptors (Lipinski definition) is 3. The molecule has 0 saturated carbocycles. The van der Waals surface area contributed by atoms with Gasteiger partial charge in [0.2, 0.25) is 5.88 Å². The molecule has 0 radical (unpaired) electrons. The van der Waals surface area contributed by atoms with Crippen LogP contribution in [0.25, 0.3) is 5.69 Å². The van der Waals surface area contributed by atoms with Crippen LogP contribution in [-0.4, -0.2) is 23.4 Å². The van der Waals surface area contributed by atoms with Crippen LogP contribution < -0.4 is 10.5 Å². The van der Waals surface area contributed by atoms with E-state index in [2.05, 4.69) is 18.1 Å². The van der Waals surface area contributed by atoms with E-state index < -0.39 is 0 Å². The Morgan fingerprint density at radius 3 is 2.61 bits per heavy atom. The normalized spacial score (nSPS) is 10.7. The van der Waals surface area contributed by atoms with E-state index in [0.717, 1.165) is 34.8 Å². The van der Waals surface area contributed by atoms with Crippen molar-refractivity contribution >= 4 is 0 Å². The summed E-state index contributed by atoms with van der Waals surface area (Å²) < 4.78 is 7.36. The molecular formula is C14H19N3O. The summed E-state index contributed by atoms with van der Waals surface area (Å²) in [6.45, 7) is 4.65. The van der Waals surface area contributed by atoms with Crippen LogP contribution in [0.15, 0.2) is 24.3 Å². The molecule has 0 fully saturated rings. The number of para-hydroxylation sites is 1. The van der Waals surface area contributed by atoms with E-state index in [1.807, 2.05) is 29.8 Å². The summed E-state index contributed by atoms with van der Waals surface area (Å²) >= 11 is 0. The van der Waals surface area contributed by atoms with Gasteiger partial charge in [-0.05, 0) is 38.4 Å². The van der Waals surface area contributed by atoms with Crippen molar-refractivity contribution in [3.8, 4) is 11.6 Å². The van der Waals surface area contributed by atoms with Crippen LogP contribution in [-0.2, 0) is 6.42 Å². The zero-order valence-corrected chi connectivity index (χ0v) is 11.1. The summed E-state index contributed by atoms with van der Waals surface area (Å²) in [7, 11) is 1.67. The lowest BCUT2D eigenvalue weighted by atomic mass is 10.2. The Morgan fingerprint density at radius 1 is 1.28 bits per heavy atom. The summed E-state index contributed by atoms with van der Waals surface area (Å²) in [4.78, 5) is 0. The average molecular weight is 245 g/mol. The molecule has 0 amide bonds. The molecule has 2 rings (SSSR count). The summed E-state index contributed by atoms with van der Waals surface area (Å²) in [5.41, 5.74) is 9.90. The molecule has 0 saturated heterocycles. The second-order valence-corrected chi connectivity index (χ2v) is 4.31. The van der Waals surface area contributed by atoms with Crippen molar-refractivity contribution in [1.82, 2.24) is 9.78 Å². The zero-order chi connectivity index (χ0) is 13.1. The summed E-state index contributed by atoms with van der Waals surface area (Å²) in [5.74, 6) is 0.784. The number of nitrogens with zero attached hydrogens (tertiary/aromatic N) is 2. The molecule has 1 heterocycles. The second-order valence-electron chi connectivity index (χ2n) is 4.31. The minimum absolute atomic E-state index is 0.594. The van der Waals surface area contributed by atoms with Crippen molar-refractivity contribution in [3.05, 3.63) is 41.1 Å². The monoisotopic (exact) mass is 245 g/mol. The number of hydrogen-bond donors (Lipinski definition) is 1. The number of benzene rings is 1. The van der Waals surface area contributed by atoms with Gasteiger partial charge in [0, 0.05) is 5.56 Å². The van der Waals surface area contributed by atoms with E-state index in [1.165, 1.54) is 0 Å². The highest BCUT2D eigenvalue weighted by atomic mass is 16.5. The third-order valence-electron chi connectivity index (χ3n) is 3.07. The molecule has 0 aliphatic carbocycles. The maximum Gasteiger partial charge on any atom is 0.219 e. The van der Waals surface area contributed by atoms with E-state index in [4.69, 9.17) is 10.5 Å². The molecular weight excluding hydrogens is 226 g/mol. The van der Waals surface area contributed by atoms with Crippen molar-refractivity contribution in [2.24, 2.45) is 5.73 Å². The Bertz CT molecular complexity index is 546. The maximum absolute atomic E-state index is 5.64. The van der Waals surface area contributed by atoms with Crippen LogP contribution in [0.1, 0.15) is 16.8 Å². The molecule has 4 nitrogen and oxygen atoms in total. The van der Waals surface area contributed by atoms with Crippen molar-refractivity contribution in [1.29, 1.82) is 0 Å². The number of aryl methyl sites for hydroxylation is 2. The van der Waals surface area contributed by atoms with Gasteiger partial charge in [-0.25, -0.2) is 4.68 Å². The van der Waals surface area contributed by atoms with Crippen molar-refractivity contribution < 1.29 is 4.74 Å². The molecule has 96 valence electrons. The molecule has 0 bridgehead atoms. The van der Waals surface area contributed by atoms with Gasteiger partial charge in [-0.3, -0.25) is 0 Å². The topological polar surface area (TPSA) is 53.1 Å². The van der Waals surface area contributed by atoms with Crippen molar-refractivity contribution in [3.63, 3.8) is 0 Å². The minimum Gasteiger partial charge on any atom is -0.481 e. The lowest BCUT2D eigenvalue weighted by molar-refractivity contribution is 0.379. The van der Waals surface area contributed by atoms with Gasteiger partial charge < -0.3 is 10.5 Å². The highest BCUT2D eigenvalue weighted by Crippen LogP contribution is 2.27. The zero-order valence-electron chi connectivity index (χ0n) is 11.1. The largest absolute Gasteiger partial charge is 0.481 e. The lowest BCUT2D eigenvalue weighted by Gasteiger charge is -2.10. The van der Waals surface area contributed by atoms with E-state index in [9.17, 15) is 0 Å². The molecule has 1 aromatic carbocycles. The van der Waals surface area contributed by atoms with Crippen LogP contribution in [0, 0.1) is 13.8 Å². The Kier molecular flexibility index (Phi) is 3.67. The molecule has 0 unspecified atom stereocenters. The molecule has 1 aromatic heterocycles. The van der Waals surface area contributed by atoms with Gasteiger partial charge in [0.25, 0.3) is 0 Å². The molecule has 0 aliphatic heterocycles. The van der Waals surface area contributed by atoms with Crippen LogP contribution in [0.3, 0.4) is 0 Å². The van der Waals surface area contributed by atoms with Gasteiger partial charge in [-0.2, -0.15) is 5.10 Å². The first-order chi connectivity index (χ1) is 8.69. The minimum atomic E-state index is 0.594. The first-order valence-electron chi connectivity index (χ1n) is 6.07. The highest BCUT2D eigenvalue weighted by molar-refractivity contribution is 5.45. The van der Waals surface area contributed by atoms with E-state index >= 15 is 0 Å². The lowest BCUT2D eigenvalue weighted by Crippen LogP contribution is -2.06. The van der Waals surface area contributed by atoms with Crippen molar-refractivity contribution in [2.75, 3.05) is 13.7 Å². The fraction of sp³-hybridized carbons (Fsp3) is 0.357. The molecule has 2 aromatic rings. The van der Waals surface area contributed by atoms with Gasteiger partial charge in [0.15, 0.2) is 0 Å². The highest BCUT2D eigenvalue weighted by Gasteiger charge is 2.17. The van der Waals surface area contributed by atoms with Gasteiger partial charge in [0.05, 0.1) is 18.5 Å². The quantitative estimate of drug-likeness (QED) is 0.896. The molecule has 0 spiro atoms. The van der Waals surface area contributed by atoms with Gasteiger partial charge in [-0.15, -0.1) is 0 Å². The third-order valence-corrected chi connectivity index (χ3v) is 3.07. The number of aromatic nitrogens is 2. The average Bonchev–Trinajstić information content (AvgIpc) is 2.67. The Balaban J connectivity index is 2.58. The SMILES string of the molecule is COc1c(CCN)c(C)nn1-c1ccccc1C. The van der Waals surface area contributed by atoms with Crippen LogP contribution in [0.4, 0.5) is 0 Å². The fourth-order valence-electron chi connectivity index (χ4n) is 2.14. The summed E-state index contributed by atoms with van der Waals surface area (Å²) in [5, 5.41) is 4.57. The van der Waals surface area contributed by atoms with Gasteiger partial charge in [-0.1, -0.05) is 18.2 Å². The van der Waals surface area contributed by atoms with E-state index in [-0.39, 0.29) is 0 Å². The standard InChI is InChI=1S/C14H19N3O/c1-10-6-4-5-7-13(10)17-14(18-3)12(8-9-15)11(2)16-17/h4-7H,8-9,15H2,1-3H3. The van der Waals surface area contributed by atoms with Crippen LogP contribution in [0.2, 0.25) is 0 Å².